The van der Waals surface area contributed by atoms with Crippen LogP contribution in [-0.4, -0.2) is 17.4 Å². The molecule has 0 radical (unpaired) electrons. The predicted molar refractivity (Wildman–Crippen MR) is 120 cm³/mol. The number of carbonyl (C=O) groups excluding carboxylic acids is 1. The Labute approximate surface area is 173 Å². The van der Waals surface area contributed by atoms with Crippen LogP contribution in [0, 0.1) is 0 Å². The summed E-state index contributed by atoms with van der Waals surface area (Å²) in [5.74, 6) is 0.349. The van der Waals surface area contributed by atoms with Crippen LogP contribution in [-0.2, 0) is 17.4 Å². The second-order valence-electron chi connectivity index (χ2n) is 9.08. The molecule has 0 saturated heterocycles. The Hall–Kier alpha value is -2.14. The van der Waals surface area contributed by atoms with Crippen LogP contribution in [0.3, 0.4) is 0 Å². The maximum atomic E-state index is 12.3. The van der Waals surface area contributed by atoms with Gasteiger partial charge in [-0.05, 0) is 64.1 Å². The summed E-state index contributed by atoms with van der Waals surface area (Å²) in [6, 6.07) is 11.5. The van der Waals surface area contributed by atoms with Crippen molar-refractivity contribution in [3.63, 3.8) is 0 Å². The van der Waals surface area contributed by atoms with E-state index in [1.807, 2.05) is 42.7 Å². The number of carbonyl (C=O) groups is 1. The molecule has 2 aromatic carbocycles. The minimum Gasteiger partial charge on any atom is -0.507 e. The molecule has 0 bridgehead atoms. The zero-order chi connectivity index (χ0) is 21.1. The molecular weight excluding hydrogens is 368 g/mol. The van der Waals surface area contributed by atoms with Gasteiger partial charge < -0.3 is 15.7 Å². The van der Waals surface area contributed by atoms with E-state index >= 15 is 0 Å². The average molecular weight is 401 g/mol. The van der Waals surface area contributed by atoms with Gasteiger partial charge in [-0.3, -0.25) is 0 Å². The molecule has 3 N–H and O–H groups in total. The van der Waals surface area contributed by atoms with Gasteiger partial charge in [0.05, 0.1) is 0 Å². The number of thioether (sulfide) groups is 1. The molecule has 0 spiro atoms. The van der Waals surface area contributed by atoms with Crippen LogP contribution < -0.4 is 10.6 Å². The van der Waals surface area contributed by atoms with Crippen molar-refractivity contribution in [1.29, 1.82) is 0 Å². The number of phenolic OH excluding ortho intramolecular Hbond substituents is 1. The van der Waals surface area contributed by atoms with Gasteiger partial charge in [0.25, 0.3) is 0 Å². The van der Waals surface area contributed by atoms with Gasteiger partial charge in [-0.25, -0.2) is 4.79 Å². The monoisotopic (exact) mass is 400 g/mol. The zero-order valence-corrected chi connectivity index (χ0v) is 18.8. The summed E-state index contributed by atoms with van der Waals surface area (Å²) >= 11 is 1.63. The van der Waals surface area contributed by atoms with Crippen LogP contribution in [0.15, 0.2) is 41.3 Å². The molecule has 28 heavy (non-hydrogen) atoms. The van der Waals surface area contributed by atoms with Crippen molar-refractivity contribution < 1.29 is 9.90 Å². The van der Waals surface area contributed by atoms with E-state index in [0.29, 0.717) is 12.3 Å². The fourth-order valence-corrected chi connectivity index (χ4v) is 3.46. The van der Waals surface area contributed by atoms with Gasteiger partial charge in [0.1, 0.15) is 5.75 Å². The third kappa shape index (κ3) is 5.68. The standard InChI is InChI=1S/C23H32N2O2S/c1-22(2,3)18-11-15(12-19(20(18)26)23(4,5)6)14-24-21(27)25-16-9-8-10-17(13-16)28-7/h8-13,26H,14H2,1-7H3,(H2,24,25,27). The fourth-order valence-electron chi connectivity index (χ4n) is 3.00. The Bertz CT molecular complexity index is 813. The molecule has 2 aromatic rings. The third-order valence-electron chi connectivity index (χ3n) is 4.57. The first-order valence-electron chi connectivity index (χ1n) is 9.47. The molecule has 5 heteroatoms. The average Bonchev–Trinajstić information content (AvgIpc) is 2.59. The van der Waals surface area contributed by atoms with Gasteiger partial charge in [0.15, 0.2) is 0 Å². The molecule has 152 valence electrons. The number of urea groups is 1. The van der Waals surface area contributed by atoms with E-state index in [1.54, 1.807) is 11.8 Å². The highest BCUT2D eigenvalue weighted by Crippen LogP contribution is 2.39. The van der Waals surface area contributed by atoms with Crippen molar-refractivity contribution in [2.24, 2.45) is 0 Å². The number of benzene rings is 2. The van der Waals surface area contributed by atoms with Crippen molar-refractivity contribution >= 4 is 23.5 Å². The summed E-state index contributed by atoms with van der Waals surface area (Å²) in [5, 5.41) is 16.6. The maximum Gasteiger partial charge on any atom is 0.319 e. The Morgan fingerprint density at radius 2 is 1.57 bits per heavy atom. The Morgan fingerprint density at radius 1 is 1.00 bits per heavy atom. The number of hydrogen-bond acceptors (Lipinski definition) is 3. The van der Waals surface area contributed by atoms with E-state index in [0.717, 1.165) is 27.3 Å². The van der Waals surface area contributed by atoms with Gasteiger partial charge in [-0.2, -0.15) is 0 Å². The van der Waals surface area contributed by atoms with Gasteiger partial charge in [-0.1, -0.05) is 47.6 Å². The summed E-state index contributed by atoms with van der Waals surface area (Å²) in [4.78, 5) is 13.4. The molecule has 0 unspecified atom stereocenters. The molecule has 0 heterocycles. The largest absolute Gasteiger partial charge is 0.507 e. The van der Waals surface area contributed by atoms with Gasteiger partial charge >= 0.3 is 6.03 Å². The third-order valence-corrected chi connectivity index (χ3v) is 5.29. The fraction of sp³-hybridized carbons (Fsp3) is 0.435. The van der Waals surface area contributed by atoms with E-state index in [-0.39, 0.29) is 16.9 Å². The highest BCUT2D eigenvalue weighted by Gasteiger charge is 2.26. The van der Waals surface area contributed by atoms with Gasteiger partial charge in [0.2, 0.25) is 0 Å². The Morgan fingerprint density at radius 3 is 2.07 bits per heavy atom. The summed E-state index contributed by atoms with van der Waals surface area (Å²) in [7, 11) is 0. The number of anilines is 1. The lowest BCUT2D eigenvalue weighted by molar-refractivity contribution is 0.251. The van der Waals surface area contributed by atoms with E-state index in [1.165, 1.54) is 0 Å². The number of amides is 2. The summed E-state index contributed by atoms with van der Waals surface area (Å²) in [6.45, 7) is 12.9. The lowest BCUT2D eigenvalue weighted by atomic mass is 9.78. The first kappa shape index (κ1) is 22.2. The second-order valence-corrected chi connectivity index (χ2v) is 9.96. The van der Waals surface area contributed by atoms with E-state index in [2.05, 4.69) is 52.2 Å². The number of phenols is 1. The van der Waals surface area contributed by atoms with Crippen LogP contribution in [0.2, 0.25) is 0 Å². The van der Waals surface area contributed by atoms with Crippen molar-refractivity contribution in [3.05, 3.63) is 53.1 Å². The minimum absolute atomic E-state index is 0.194. The van der Waals surface area contributed by atoms with E-state index < -0.39 is 0 Å². The molecular formula is C23H32N2O2S. The molecule has 0 fully saturated rings. The SMILES string of the molecule is CSc1cccc(NC(=O)NCc2cc(C(C)(C)C)c(O)c(C(C)(C)C)c2)c1. The van der Waals surface area contributed by atoms with Gasteiger partial charge in [-0.15, -0.1) is 11.8 Å². The topological polar surface area (TPSA) is 61.4 Å². The number of hydrogen-bond donors (Lipinski definition) is 3. The molecule has 0 atom stereocenters. The van der Waals surface area contributed by atoms with Crippen LogP contribution in [0.1, 0.15) is 58.2 Å². The van der Waals surface area contributed by atoms with Gasteiger partial charge in [0, 0.05) is 17.1 Å². The van der Waals surface area contributed by atoms with E-state index in [4.69, 9.17) is 0 Å². The number of rotatable bonds is 4. The highest BCUT2D eigenvalue weighted by molar-refractivity contribution is 7.98. The van der Waals surface area contributed by atoms with Crippen LogP contribution in [0.5, 0.6) is 5.75 Å². The van der Waals surface area contributed by atoms with Crippen molar-refractivity contribution in [3.8, 4) is 5.75 Å². The van der Waals surface area contributed by atoms with Crippen molar-refractivity contribution in [2.45, 2.75) is 63.8 Å². The smallest absolute Gasteiger partial charge is 0.319 e. The lowest BCUT2D eigenvalue weighted by Gasteiger charge is -2.28. The Kier molecular flexibility index (Phi) is 6.71. The van der Waals surface area contributed by atoms with Crippen LogP contribution in [0.25, 0.3) is 0 Å². The summed E-state index contributed by atoms with van der Waals surface area (Å²) < 4.78 is 0. The predicted octanol–water partition coefficient (Wildman–Crippen LogP) is 6.03. The zero-order valence-electron chi connectivity index (χ0n) is 17.9. The number of aromatic hydroxyl groups is 1. The molecule has 2 amide bonds. The van der Waals surface area contributed by atoms with Crippen LogP contribution >= 0.6 is 11.8 Å². The molecule has 2 rings (SSSR count). The molecule has 0 aliphatic carbocycles. The first-order chi connectivity index (χ1) is 12.9. The molecule has 0 aliphatic heterocycles. The molecule has 0 aliphatic rings. The summed E-state index contributed by atoms with van der Waals surface area (Å²) in [6.07, 6.45) is 2.00. The molecule has 0 aromatic heterocycles. The molecule has 4 nitrogen and oxygen atoms in total. The minimum atomic E-state index is -0.249. The molecule has 0 saturated carbocycles. The van der Waals surface area contributed by atoms with E-state index in [9.17, 15) is 9.90 Å². The normalized spacial score (nSPS) is 12.0. The van der Waals surface area contributed by atoms with Crippen molar-refractivity contribution in [1.82, 2.24) is 5.32 Å². The maximum absolute atomic E-state index is 12.3. The number of nitrogens with one attached hydrogen (secondary N) is 2. The lowest BCUT2D eigenvalue weighted by Crippen LogP contribution is -2.28. The quantitative estimate of drug-likeness (QED) is 0.549. The first-order valence-corrected chi connectivity index (χ1v) is 10.7. The van der Waals surface area contributed by atoms with Crippen LogP contribution in [0.4, 0.5) is 10.5 Å². The summed E-state index contributed by atoms with van der Waals surface area (Å²) in [5.41, 5.74) is 3.14. The highest BCUT2D eigenvalue weighted by atomic mass is 32.2. The Balaban J connectivity index is 2.20. The van der Waals surface area contributed by atoms with Crippen molar-refractivity contribution in [2.75, 3.05) is 11.6 Å². The second kappa shape index (κ2) is 8.48.